The summed E-state index contributed by atoms with van der Waals surface area (Å²) in [5, 5.41) is 22.3. The topological polar surface area (TPSA) is 235 Å². The van der Waals surface area contributed by atoms with Crippen molar-refractivity contribution < 1.29 is 43.4 Å². The third-order valence-corrected chi connectivity index (χ3v) is 8.94. The zero-order valence-corrected chi connectivity index (χ0v) is 30.6. The number of ether oxygens (including phenoxy) is 1. The molecule has 0 aliphatic carbocycles. The van der Waals surface area contributed by atoms with Gasteiger partial charge in [-0.2, -0.15) is 47.0 Å². The first kappa shape index (κ1) is 44.4. The molecule has 5 amide bonds. The molecule has 0 radical (unpaired) electrons. The van der Waals surface area contributed by atoms with E-state index in [9.17, 15) is 38.7 Å². The number of thioether (sulfide) groups is 4. The first-order valence-corrected chi connectivity index (χ1v) is 20.1. The number of hydrogen-bond acceptors (Lipinski definition) is 13. The highest BCUT2D eigenvalue weighted by Crippen LogP contribution is 2.08. The van der Waals surface area contributed by atoms with Gasteiger partial charge in [0.15, 0.2) is 0 Å². The average molecular weight is 741 g/mol. The molecule has 15 nitrogen and oxygen atoms in total. The van der Waals surface area contributed by atoms with E-state index < -0.39 is 78.2 Å². The highest BCUT2D eigenvalue weighted by molar-refractivity contribution is 7.99. The van der Waals surface area contributed by atoms with E-state index >= 15 is 0 Å². The number of rotatable bonds is 25. The first-order chi connectivity index (χ1) is 22.3. The number of nitrogens with one attached hydrogen (secondary N) is 5. The molecule has 47 heavy (non-hydrogen) atoms. The summed E-state index contributed by atoms with van der Waals surface area (Å²) in [6, 6.07) is -5.51. The van der Waals surface area contributed by atoms with Crippen molar-refractivity contribution in [2.75, 3.05) is 61.7 Å². The lowest BCUT2D eigenvalue weighted by molar-refractivity contribution is -0.142. The number of esters is 1. The molecular formula is C28H48N6O9S4. The van der Waals surface area contributed by atoms with Crippen LogP contribution >= 0.6 is 47.0 Å². The largest absolute Gasteiger partial charge is 0.480 e. The van der Waals surface area contributed by atoms with Crippen LogP contribution in [-0.4, -0.2) is 138 Å². The quantitative estimate of drug-likeness (QED) is 0.0449. The molecule has 0 aliphatic heterocycles. The van der Waals surface area contributed by atoms with Crippen LogP contribution in [0.1, 0.15) is 25.7 Å². The second-order valence-corrected chi connectivity index (χ2v) is 13.9. The number of carboxylic acids is 1. The fraction of sp³-hybridized carbons (Fsp3) is 0.679. The van der Waals surface area contributed by atoms with E-state index in [0.29, 0.717) is 35.9 Å². The van der Waals surface area contributed by atoms with E-state index in [-0.39, 0.29) is 12.8 Å². The molecule has 0 spiro atoms. The van der Waals surface area contributed by atoms with Crippen LogP contribution in [0, 0.1) is 0 Å². The highest BCUT2D eigenvalue weighted by Gasteiger charge is 2.31. The SMILES string of the molecule is COC(=O)/C=C/C(=O)NC[C@H](NC(=O)[C@H](CCSC)NC(=O)[C@H](CCSC)NC(=O)[C@H](CCSC)NC(=O)[C@@H](N)CCSC)C(=O)O. The molecule has 5 atom stereocenters. The Morgan fingerprint density at radius 1 is 0.638 bits per heavy atom. The molecule has 0 saturated heterocycles. The minimum atomic E-state index is -1.55. The zero-order valence-electron chi connectivity index (χ0n) is 27.3. The minimum absolute atomic E-state index is 0.142. The van der Waals surface area contributed by atoms with Crippen molar-refractivity contribution in [3.63, 3.8) is 0 Å². The van der Waals surface area contributed by atoms with Gasteiger partial charge in [0, 0.05) is 18.7 Å². The predicted octanol–water partition coefficient (Wildman–Crippen LogP) is -0.805. The summed E-state index contributed by atoms with van der Waals surface area (Å²) in [6.45, 7) is -0.509. The smallest absolute Gasteiger partial charge is 0.330 e. The number of methoxy groups -OCH3 is 1. The van der Waals surface area contributed by atoms with Crippen molar-refractivity contribution >= 4 is 88.5 Å². The van der Waals surface area contributed by atoms with Gasteiger partial charge in [-0.3, -0.25) is 24.0 Å². The summed E-state index contributed by atoms with van der Waals surface area (Å²) in [5.41, 5.74) is 5.99. The van der Waals surface area contributed by atoms with Gasteiger partial charge in [0.05, 0.1) is 13.2 Å². The Kier molecular flexibility index (Phi) is 24.9. The molecule has 0 unspecified atom stereocenters. The van der Waals surface area contributed by atoms with E-state index in [1.165, 1.54) is 35.3 Å². The fourth-order valence-electron chi connectivity index (χ4n) is 3.66. The number of carboxylic acid groups (broad SMARTS) is 1. The highest BCUT2D eigenvalue weighted by atomic mass is 32.2. The molecule has 19 heteroatoms. The average Bonchev–Trinajstić information content (AvgIpc) is 3.05. The molecule has 268 valence electrons. The molecule has 0 fully saturated rings. The van der Waals surface area contributed by atoms with Crippen molar-refractivity contribution in [1.29, 1.82) is 0 Å². The number of carbonyl (C=O) groups excluding carboxylic acids is 6. The van der Waals surface area contributed by atoms with Crippen LogP contribution in [0.15, 0.2) is 12.2 Å². The zero-order chi connectivity index (χ0) is 35.8. The van der Waals surface area contributed by atoms with E-state index in [1.54, 1.807) is 18.0 Å². The van der Waals surface area contributed by atoms with Crippen LogP contribution in [-0.2, 0) is 38.3 Å². The van der Waals surface area contributed by atoms with E-state index in [0.717, 1.165) is 19.3 Å². The lowest BCUT2D eigenvalue weighted by Gasteiger charge is -2.26. The molecule has 0 aliphatic rings. The Morgan fingerprint density at radius 2 is 1.02 bits per heavy atom. The summed E-state index contributed by atoms with van der Waals surface area (Å²) >= 11 is 5.89. The third kappa shape index (κ3) is 19.7. The molecule has 0 heterocycles. The molecule has 0 aromatic carbocycles. The fourth-order valence-corrected chi connectivity index (χ4v) is 5.56. The lowest BCUT2D eigenvalue weighted by Crippen LogP contribution is -2.59. The first-order valence-electron chi connectivity index (χ1n) is 14.5. The predicted molar refractivity (Wildman–Crippen MR) is 189 cm³/mol. The van der Waals surface area contributed by atoms with E-state index in [2.05, 4.69) is 31.3 Å². The summed E-state index contributed by atoms with van der Waals surface area (Å²) in [6.07, 6.45) is 10.2. The normalized spacial score (nSPS) is 14.2. The van der Waals surface area contributed by atoms with Crippen LogP contribution in [0.3, 0.4) is 0 Å². The minimum Gasteiger partial charge on any atom is -0.480 e. The van der Waals surface area contributed by atoms with Gasteiger partial charge in [0.25, 0.3) is 0 Å². The summed E-state index contributed by atoms with van der Waals surface area (Å²) < 4.78 is 4.39. The van der Waals surface area contributed by atoms with Crippen LogP contribution in [0.25, 0.3) is 0 Å². The van der Waals surface area contributed by atoms with Gasteiger partial charge in [-0.25, -0.2) is 9.59 Å². The molecule has 0 bridgehead atoms. The van der Waals surface area contributed by atoms with Crippen molar-refractivity contribution in [3.05, 3.63) is 12.2 Å². The van der Waals surface area contributed by atoms with E-state index in [4.69, 9.17) is 5.73 Å². The van der Waals surface area contributed by atoms with Gasteiger partial charge >= 0.3 is 11.9 Å². The van der Waals surface area contributed by atoms with Gasteiger partial charge in [0.1, 0.15) is 24.2 Å². The van der Waals surface area contributed by atoms with Crippen LogP contribution in [0.2, 0.25) is 0 Å². The number of hydrogen-bond donors (Lipinski definition) is 7. The number of carbonyl (C=O) groups is 7. The Balaban J connectivity index is 5.77. The maximum atomic E-state index is 13.5. The van der Waals surface area contributed by atoms with Crippen molar-refractivity contribution in [2.45, 2.75) is 55.9 Å². The maximum Gasteiger partial charge on any atom is 0.330 e. The molecular weight excluding hydrogens is 693 g/mol. The monoisotopic (exact) mass is 740 g/mol. The molecule has 0 rings (SSSR count). The molecule has 8 N–H and O–H groups in total. The number of aliphatic carboxylic acids is 1. The van der Waals surface area contributed by atoms with Crippen molar-refractivity contribution in [3.8, 4) is 0 Å². The van der Waals surface area contributed by atoms with Gasteiger partial charge in [0.2, 0.25) is 29.5 Å². The number of nitrogens with two attached hydrogens (primary N) is 1. The Morgan fingerprint density at radius 3 is 1.40 bits per heavy atom. The summed E-state index contributed by atoms with van der Waals surface area (Å²) in [7, 11) is 1.13. The standard InChI is InChI=1S/C28H48N6O9S4/c1-43-23(36)7-6-22(35)30-16-21(28(41)42)34-27(40)20(11-15-47-5)33-26(39)19(10-14-46-4)32-25(38)18(9-13-45-3)31-24(37)17(29)8-12-44-2/h6-7,17-21H,8-16,29H2,1-5H3,(H,30,35)(H,31,37)(H,32,38)(H,33,39)(H,34,40)(H,41,42)/b7-6+/t17-,18-,19-,20-,21-/m0/s1. The molecule has 0 aromatic rings. The van der Waals surface area contributed by atoms with Gasteiger partial charge in [-0.15, -0.1) is 0 Å². The van der Waals surface area contributed by atoms with Crippen molar-refractivity contribution in [1.82, 2.24) is 26.6 Å². The molecule has 0 saturated carbocycles. The second kappa shape index (κ2) is 26.4. The second-order valence-electron chi connectivity index (χ2n) is 9.92. The number of amides is 5. The van der Waals surface area contributed by atoms with E-state index in [1.807, 2.05) is 18.8 Å². The summed E-state index contributed by atoms with van der Waals surface area (Å²) in [5.74, 6) is -3.36. The summed E-state index contributed by atoms with van der Waals surface area (Å²) in [4.78, 5) is 87.7. The maximum absolute atomic E-state index is 13.5. The Labute approximate surface area is 293 Å². The van der Waals surface area contributed by atoms with Crippen LogP contribution in [0.4, 0.5) is 0 Å². The van der Waals surface area contributed by atoms with Gasteiger partial charge in [-0.1, -0.05) is 0 Å². The van der Waals surface area contributed by atoms with Gasteiger partial charge < -0.3 is 42.2 Å². The van der Waals surface area contributed by atoms with Crippen molar-refractivity contribution in [2.24, 2.45) is 5.73 Å². The third-order valence-electron chi connectivity index (χ3n) is 6.37. The lowest BCUT2D eigenvalue weighted by atomic mass is 10.1. The molecule has 0 aromatic heterocycles. The Hall–Kier alpha value is -2.61. The van der Waals surface area contributed by atoms with Gasteiger partial charge in [-0.05, 0) is 73.7 Å². The van der Waals surface area contributed by atoms with Crippen LogP contribution < -0.4 is 32.3 Å². The Bertz CT molecular complexity index is 1070. The van der Waals surface area contributed by atoms with Crippen LogP contribution in [0.5, 0.6) is 0 Å².